The van der Waals surface area contributed by atoms with Crippen molar-refractivity contribution < 1.29 is 23.9 Å². The van der Waals surface area contributed by atoms with Crippen LogP contribution in [0.1, 0.15) is 11.1 Å². The SMILES string of the molecule is COC(=O)/C=C/c1ccc(OCc2ccccc2)c(OC)c1[N+](=O)[O-]. The molecule has 0 aliphatic heterocycles. The van der Waals surface area contributed by atoms with E-state index in [2.05, 4.69) is 4.74 Å². The van der Waals surface area contributed by atoms with Gasteiger partial charge in [-0.1, -0.05) is 30.3 Å². The molecule has 0 unspecified atom stereocenters. The van der Waals surface area contributed by atoms with Gasteiger partial charge in [-0.05, 0) is 23.8 Å². The summed E-state index contributed by atoms with van der Waals surface area (Å²) in [5.74, 6) is -0.376. The number of carbonyl (C=O) groups excluding carboxylic acids is 1. The average molecular weight is 343 g/mol. The number of esters is 1. The zero-order chi connectivity index (χ0) is 18.2. The zero-order valence-electron chi connectivity index (χ0n) is 13.8. The summed E-state index contributed by atoms with van der Waals surface area (Å²) < 4.78 is 15.3. The molecule has 0 aliphatic carbocycles. The van der Waals surface area contributed by atoms with E-state index in [4.69, 9.17) is 9.47 Å². The van der Waals surface area contributed by atoms with Crippen LogP contribution in [0.4, 0.5) is 5.69 Å². The Bertz CT molecular complexity index is 786. The van der Waals surface area contributed by atoms with Crippen molar-refractivity contribution in [2.75, 3.05) is 14.2 Å². The molecule has 0 saturated heterocycles. The third kappa shape index (κ3) is 4.57. The van der Waals surface area contributed by atoms with Crippen molar-refractivity contribution in [2.45, 2.75) is 6.61 Å². The molecular weight excluding hydrogens is 326 g/mol. The molecule has 0 bridgehead atoms. The first-order chi connectivity index (χ1) is 12.1. The van der Waals surface area contributed by atoms with Crippen LogP contribution >= 0.6 is 0 Å². The number of ether oxygens (including phenoxy) is 3. The van der Waals surface area contributed by atoms with Gasteiger partial charge in [-0.3, -0.25) is 10.1 Å². The number of benzene rings is 2. The number of carbonyl (C=O) groups is 1. The summed E-state index contributed by atoms with van der Waals surface area (Å²) in [4.78, 5) is 22.1. The van der Waals surface area contributed by atoms with E-state index in [1.165, 1.54) is 26.4 Å². The van der Waals surface area contributed by atoms with Crippen LogP contribution in [0.15, 0.2) is 48.5 Å². The summed E-state index contributed by atoms with van der Waals surface area (Å²) in [6.07, 6.45) is 2.40. The fraction of sp³-hybridized carbons (Fsp3) is 0.167. The van der Waals surface area contributed by atoms with Gasteiger partial charge in [0.15, 0.2) is 5.75 Å². The second-order valence-corrected chi connectivity index (χ2v) is 4.92. The van der Waals surface area contributed by atoms with Crippen molar-refractivity contribution in [3.63, 3.8) is 0 Å². The van der Waals surface area contributed by atoms with E-state index in [1.807, 2.05) is 30.3 Å². The predicted octanol–water partition coefficient (Wildman–Crippen LogP) is 3.37. The fourth-order valence-electron chi connectivity index (χ4n) is 2.16. The Morgan fingerprint density at radius 2 is 1.88 bits per heavy atom. The lowest BCUT2D eigenvalue weighted by atomic mass is 10.1. The van der Waals surface area contributed by atoms with Crippen LogP contribution in [0.3, 0.4) is 0 Å². The lowest BCUT2D eigenvalue weighted by molar-refractivity contribution is -0.386. The molecule has 2 aromatic rings. The number of nitrogens with zero attached hydrogens (tertiary/aromatic N) is 1. The van der Waals surface area contributed by atoms with E-state index in [0.29, 0.717) is 0 Å². The number of nitro groups is 1. The number of hydrogen-bond donors (Lipinski definition) is 0. The quantitative estimate of drug-likeness (QED) is 0.331. The molecule has 7 nitrogen and oxygen atoms in total. The summed E-state index contributed by atoms with van der Waals surface area (Å²) in [6, 6.07) is 12.4. The van der Waals surface area contributed by atoms with Crippen molar-refractivity contribution in [1.29, 1.82) is 0 Å². The van der Waals surface area contributed by atoms with Gasteiger partial charge in [0.25, 0.3) is 0 Å². The van der Waals surface area contributed by atoms with Gasteiger partial charge < -0.3 is 14.2 Å². The van der Waals surface area contributed by atoms with Gasteiger partial charge in [-0.25, -0.2) is 4.79 Å². The Balaban J connectivity index is 2.35. The minimum Gasteiger partial charge on any atom is -0.488 e. The van der Waals surface area contributed by atoms with E-state index in [0.717, 1.165) is 11.6 Å². The highest BCUT2D eigenvalue weighted by atomic mass is 16.6. The van der Waals surface area contributed by atoms with Crippen molar-refractivity contribution in [2.24, 2.45) is 0 Å². The van der Waals surface area contributed by atoms with E-state index in [-0.39, 0.29) is 29.4 Å². The molecule has 0 radical (unpaired) electrons. The van der Waals surface area contributed by atoms with Gasteiger partial charge in [0.2, 0.25) is 5.75 Å². The van der Waals surface area contributed by atoms with E-state index < -0.39 is 10.9 Å². The van der Waals surface area contributed by atoms with Crippen molar-refractivity contribution in [3.8, 4) is 11.5 Å². The van der Waals surface area contributed by atoms with Crippen LogP contribution in [0.2, 0.25) is 0 Å². The molecule has 0 atom stereocenters. The molecule has 0 saturated carbocycles. The molecule has 0 N–H and O–H groups in total. The Morgan fingerprint density at radius 1 is 1.16 bits per heavy atom. The molecule has 0 aliphatic rings. The maximum Gasteiger partial charge on any atom is 0.330 e. The van der Waals surface area contributed by atoms with Crippen LogP contribution in [0, 0.1) is 10.1 Å². The summed E-state index contributed by atoms with van der Waals surface area (Å²) in [5, 5.41) is 11.5. The maximum absolute atomic E-state index is 11.5. The summed E-state index contributed by atoms with van der Waals surface area (Å²) in [6.45, 7) is 0.242. The highest BCUT2D eigenvalue weighted by molar-refractivity contribution is 5.88. The van der Waals surface area contributed by atoms with Crippen LogP contribution in [-0.2, 0) is 16.1 Å². The van der Waals surface area contributed by atoms with Crippen LogP contribution < -0.4 is 9.47 Å². The largest absolute Gasteiger partial charge is 0.488 e. The number of hydrogen-bond acceptors (Lipinski definition) is 6. The normalized spacial score (nSPS) is 10.5. The molecule has 2 rings (SSSR count). The molecule has 0 fully saturated rings. The highest BCUT2D eigenvalue weighted by Gasteiger charge is 2.24. The first-order valence-corrected chi connectivity index (χ1v) is 7.35. The number of rotatable bonds is 7. The standard InChI is InChI=1S/C18H17NO6/c1-23-16(20)11-9-14-8-10-15(18(24-2)17(14)19(21)22)25-12-13-6-4-3-5-7-13/h3-11H,12H2,1-2H3/b11-9+. The Kier molecular flexibility index (Phi) is 6.11. The van der Waals surface area contributed by atoms with E-state index in [9.17, 15) is 14.9 Å². The lowest BCUT2D eigenvalue weighted by Gasteiger charge is -2.12. The number of methoxy groups -OCH3 is 2. The first-order valence-electron chi connectivity index (χ1n) is 7.35. The van der Waals surface area contributed by atoms with Crippen LogP contribution in [0.5, 0.6) is 11.5 Å². The molecule has 0 spiro atoms. The van der Waals surface area contributed by atoms with Gasteiger partial charge in [0.1, 0.15) is 6.61 Å². The van der Waals surface area contributed by atoms with Gasteiger partial charge >= 0.3 is 11.7 Å². The second-order valence-electron chi connectivity index (χ2n) is 4.92. The molecular formula is C18H17NO6. The maximum atomic E-state index is 11.5. The molecule has 130 valence electrons. The zero-order valence-corrected chi connectivity index (χ0v) is 13.8. The van der Waals surface area contributed by atoms with Gasteiger partial charge in [-0.2, -0.15) is 0 Å². The van der Waals surface area contributed by atoms with Crippen molar-refractivity contribution in [1.82, 2.24) is 0 Å². The van der Waals surface area contributed by atoms with Crippen LogP contribution in [0.25, 0.3) is 6.08 Å². The van der Waals surface area contributed by atoms with E-state index >= 15 is 0 Å². The minimum atomic E-state index is -0.613. The van der Waals surface area contributed by atoms with Crippen LogP contribution in [-0.4, -0.2) is 25.1 Å². The lowest BCUT2D eigenvalue weighted by Crippen LogP contribution is -2.02. The number of nitro benzene ring substituents is 1. The molecule has 0 amide bonds. The first kappa shape index (κ1) is 18.0. The smallest absolute Gasteiger partial charge is 0.330 e. The third-order valence-electron chi connectivity index (χ3n) is 3.35. The van der Waals surface area contributed by atoms with Gasteiger partial charge in [-0.15, -0.1) is 0 Å². The van der Waals surface area contributed by atoms with Crippen molar-refractivity contribution in [3.05, 3.63) is 69.8 Å². The third-order valence-corrected chi connectivity index (χ3v) is 3.35. The Hall–Kier alpha value is -3.35. The minimum absolute atomic E-state index is 0.00653. The predicted molar refractivity (Wildman–Crippen MR) is 91.5 cm³/mol. The molecule has 0 heterocycles. The van der Waals surface area contributed by atoms with Gasteiger partial charge in [0.05, 0.1) is 24.7 Å². The van der Waals surface area contributed by atoms with E-state index in [1.54, 1.807) is 6.07 Å². The summed E-state index contributed by atoms with van der Waals surface area (Å²) in [5.41, 5.74) is 0.842. The molecule has 25 heavy (non-hydrogen) atoms. The molecule has 0 aromatic heterocycles. The highest BCUT2D eigenvalue weighted by Crippen LogP contribution is 2.40. The Morgan fingerprint density at radius 3 is 2.48 bits per heavy atom. The second kappa shape index (κ2) is 8.49. The van der Waals surface area contributed by atoms with Gasteiger partial charge in [0, 0.05) is 6.08 Å². The fourth-order valence-corrected chi connectivity index (χ4v) is 2.16. The average Bonchev–Trinajstić information content (AvgIpc) is 2.64. The Labute approximate surface area is 144 Å². The summed E-state index contributed by atoms with van der Waals surface area (Å²) in [7, 11) is 2.55. The topological polar surface area (TPSA) is 87.9 Å². The monoisotopic (exact) mass is 343 g/mol. The molecule has 7 heteroatoms. The molecule has 2 aromatic carbocycles. The summed E-state index contributed by atoms with van der Waals surface area (Å²) >= 11 is 0. The van der Waals surface area contributed by atoms with Crippen molar-refractivity contribution >= 4 is 17.7 Å².